The lowest BCUT2D eigenvalue weighted by Crippen LogP contribution is -2.42. The number of fused-ring (bicyclic) bond motifs is 2. The SMILES string of the molecule is CCC(O)CN1[C@H]2CCNC[C@@H]1CC2. The summed E-state index contributed by atoms with van der Waals surface area (Å²) in [6, 6.07) is 1.42. The smallest absolute Gasteiger partial charge is 0.0664 e. The molecule has 82 valence electrons. The molecule has 2 rings (SSSR count). The molecule has 0 aromatic rings. The third kappa shape index (κ3) is 2.10. The summed E-state index contributed by atoms with van der Waals surface area (Å²) >= 11 is 0. The monoisotopic (exact) mass is 198 g/mol. The van der Waals surface area contributed by atoms with Gasteiger partial charge in [-0.3, -0.25) is 4.90 Å². The van der Waals surface area contributed by atoms with Gasteiger partial charge in [0.15, 0.2) is 0 Å². The van der Waals surface area contributed by atoms with Gasteiger partial charge in [0.05, 0.1) is 6.10 Å². The number of aliphatic hydroxyl groups excluding tert-OH is 1. The fourth-order valence-electron chi connectivity index (χ4n) is 2.75. The summed E-state index contributed by atoms with van der Waals surface area (Å²) in [5.41, 5.74) is 0. The quantitative estimate of drug-likeness (QED) is 0.696. The maximum atomic E-state index is 9.70. The van der Waals surface area contributed by atoms with E-state index in [2.05, 4.69) is 17.1 Å². The van der Waals surface area contributed by atoms with Crippen molar-refractivity contribution < 1.29 is 5.11 Å². The van der Waals surface area contributed by atoms with E-state index in [0.717, 1.165) is 32.1 Å². The minimum Gasteiger partial charge on any atom is -0.392 e. The molecule has 0 saturated carbocycles. The minimum absolute atomic E-state index is 0.129. The Morgan fingerprint density at radius 1 is 1.36 bits per heavy atom. The zero-order chi connectivity index (χ0) is 9.97. The topological polar surface area (TPSA) is 35.5 Å². The zero-order valence-corrected chi connectivity index (χ0v) is 9.08. The second-order valence-corrected chi connectivity index (χ2v) is 4.64. The maximum absolute atomic E-state index is 9.70. The number of nitrogens with zero attached hydrogens (tertiary/aromatic N) is 1. The van der Waals surface area contributed by atoms with Crippen LogP contribution in [0, 0.1) is 0 Å². The molecule has 2 aliphatic rings. The first-order valence-electron chi connectivity index (χ1n) is 5.95. The highest BCUT2D eigenvalue weighted by molar-refractivity contribution is 4.92. The zero-order valence-electron chi connectivity index (χ0n) is 9.08. The Labute approximate surface area is 86.5 Å². The molecule has 0 aliphatic carbocycles. The number of hydrogen-bond donors (Lipinski definition) is 2. The van der Waals surface area contributed by atoms with Crippen LogP contribution in [-0.2, 0) is 0 Å². The number of hydrogen-bond acceptors (Lipinski definition) is 3. The molecule has 0 aromatic carbocycles. The Morgan fingerprint density at radius 2 is 2.14 bits per heavy atom. The molecular formula is C11H22N2O. The number of aliphatic hydroxyl groups is 1. The highest BCUT2D eigenvalue weighted by atomic mass is 16.3. The molecule has 3 heteroatoms. The van der Waals surface area contributed by atoms with E-state index in [0.29, 0.717) is 6.04 Å². The summed E-state index contributed by atoms with van der Waals surface area (Å²) in [6.07, 6.45) is 4.66. The molecule has 14 heavy (non-hydrogen) atoms. The van der Waals surface area contributed by atoms with Crippen LogP contribution < -0.4 is 5.32 Å². The van der Waals surface area contributed by atoms with Crippen LogP contribution in [0.2, 0.25) is 0 Å². The molecule has 2 heterocycles. The summed E-state index contributed by atoms with van der Waals surface area (Å²) < 4.78 is 0. The summed E-state index contributed by atoms with van der Waals surface area (Å²) in [7, 11) is 0. The molecule has 1 unspecified atom stereocenters. The van der Waals surface area contributed by atoms with E-state index in [9.17, 15) is 5.11 Å². The highest BCUT2D eigenvalue weighted by Gasteiger charge is 2.35. The molecule has 2 aliphatic heterocycles. The van der Waals surface area contributed by atoms with E-state index >= 15 is 0 Å². The fraction of sp³-hybridized carbons (Fsp3) is 1.00. The number of rotatable bonds is 3. The lowest BCUT2D eigenvalue weighted by atomic mass is 10.1. The van der Waals surface area contributed by atoms with Gasteiger partial charge in [0.2, 0.25) is 0 Å². The average Bonchev–Trinajstić information content (AvgIpc) is 2.40. The van der Waals surface area contributed by atoms with Crippen LogP contribution in [0.1, 0.15) is 32.6 Å². The second-order valence-electron chi connectivity index (χ2n) is 4.64. The first-order valence-corrected chi connectivity index (χ1v) is 5.95. The third-order valence-electron chi connectivity index (χ3n) is 3.70. The summed E-state index contributed by atoms with van der Waals surface area (Å²) in [6.45, 7) is 5.21. The Morgan fingerprint density at radius 3 is 2.93 bits per heavy atom. The molecule has 2 N–H and O–H groups in total. The lowest BCUT2D eigenvalue weighted by Gasteiger charge is -2.29. The lowest BCUT2D eigenvalue weighted by molar-refractivity contribution is 0.0848. The van der Waals surface area contributed by atoms with E-state index in [4.69, 9.17) is 0 Å². The molecule has 0 spiro atoms. The molecule has 3 nitrogen and oxygen atoms in total. The van der Waals surface area contributed by atoms with Gasteiger partial charge in [0, 0.05) is 25.2 Å². The Hall–Kier alpha value is -0.120. The van der Waals surface area contributed by atoms with Crippen LogP contribution in [0.5, 0.6) is 0 Å². The maximum Gasteiger partial charge on any atom is 0.0664 e. The molecule has 3 atom stereocenters. The van der Waals surface area contributed by atoms with Gasteiger partial charge in [-0.2, -0.15) is 0 Å². The highest BCUT2D eigenvalue weighted by Crippen LogP contribution is 2.27. The van der Waals surface area contributed by atoms with Gasteiger partial charge in [-0.15, -0.1) is 0 Å². The van der Waals surface area contributed by atoms with Crippen molar-refractivity contribution in [3.63, 3.8) is 0 Å². The van der Waals surface area contributed by atoms with E-state index < -0.39 is 0 Å². The third-order valence-corrected chi connectivity index (χ3v) is 3.70. The van der Waals surface area contributed by atoms with Gasteiger partial charge in [0.1, 0.15) is 0 Å². The Bertz CT molecular complexity index is 172. The van der Waals surface area contributed by atoms with E-state index in [-0.39, 0.29) is 6.10 Å². The summed E-state index contributed by atoms with van der Waals surface area (Å²) in [4.78, 5) is 2.54. The van der Waals surface area contributed by atoms with Crippen molar-refractivity contribution in [2.45, 2.75) is 50.8 Å². The molecule has 2 fully saturated rings. The molecular weight excluding hydrogens is 176 g/mol. The molecule has 0 aromatic heterocycles. The average molecular weight is 198 g/mol. The normalized spacial score (nSPS) is 35.6. The Kier molecular flexibility index (Phi) is 3.42. The Balaban J connectivity index is 1.95. The van der Waals surface area contributed by atoms with E-state index in [1.807, 2.05) is 0 Å². The van der Waals surface area contributed by atoms with Crippen molar-refractivity contribution in [2.75, 3.05) is 19.6 Å². The van der Waals surface area contributed by atoms with E-state index in [1.165, 1.54) is 19.3 Å². The first-order chi connectivity index (χ1) is 6.81. The fourth-order valence-corrected chi connectivity index (χ4v) is 2.75. The predicted octanol–water partition coefficient (Wildman–Crippen LogP) is 0.584. The molecule has 2 saturated heterocycles. The van der Waals surface area contributed by atoms with Gasteiger partial charge in [0.25, 0.3) is 0 Å². The van der Waals surface area contributed by atoms with Crippen LogP contribution in [-0.4, -0.2) is 47.8 Å². The van der Waals surface area contributed by atoms with Crippen molar-refractivity contribution in [3.05, 3.63) is 0 Å². The molecule has 2 bridgehead atoms. The minimum atomic E-state index is -0.129. The van der Waals surface area contributed by atoms with E-state index in [1.54, 1.807) is 0 Å². The van der Waals surface area contributed by atoms with Crippen LogP contribution >= 0.6 is 0 Å². The summed E-state index contributed by atoms with van der Waals surface area (Å²) in [5, 5.41) is 13.2. The van der Waals surface area contributed by atoms with Crippen LogP contribution in [0.15, 0.2) is 0 Å². The van der Waals surface area contributed by atoms with Crippen LogP contribution in [0.4, 0.5) is 0 Å². The van der Waals surface area contributed by atoms with Gasteiger partial charge in [-0.05, 0) is 32.2 Å². The predicted molar refractivity (Wildman–Crippen MR) is 57.3 cm³/mol. The first kappa shape index (κ1) is 10.4. The summed E-state index contributed by atoms with van der Waals surface area (Å²) in [5.74, 6) is 0. The van der Waals surface area contributed by atoms with Crippen molar-refractivity contribution in [3.8, 4) is 0 Å². The largest absolute Gasteiger partial charge is 0.392 e. The second kappa shape index (κ2) is 4.60. The van der Waals surface area contributed by atoms with Crippen molar-refractivity contribution in [1.29, 1.82) is 0 Å². The van der Waals surface area contributed by atoms with Gasteiger partial charge in [-0.25, -0.2) is 0 Å². The van der Waals surface area contributed by atoms with Crippen LogP contribution in [0.25, 0.3) is 0 Å². The standard InChI is InChI=1S/C11H22N2O/c1-2-11(14)8-13-9-3-4-10(13)7-12-6-5-9/h9-12,14H,2-8H2,1H3/t9-,10+,11?/m1/s1. The molecule has 0 radical (unpaired) electrons. The van der Waals surface area contributed by atoms with Gasteiger partial charge < -0.3 is 10.4 Å². The van der Waals surface area contributed by atoms with Gasteiger partial charge >= 0.3 is 0 Å². The number of nitrogens with one attached hydrogen (secondary N) is 1. The van der Waals surface area contributed by atoms with Crippen molar-refractivity contribution in [2.24, 2.45) is 0 Å². The van der Waals surface area contributed by atoms with Crippen molar-refractivity contribution in [1.82, 2.24) is 10.2 Å². The van der Waals surface area contributed by atoms with Crippen LogP contribution in [0.3, 0.4) is 0 Å². The van der Waals surface area contributed by atoms with Gasteiger partial charge in [-0.1, -0.05) is 6.92 Å². The molecule has 0 amide bonds. The van der Waals surface area contributed by atoms with Crippen molar-refractivity contribution >= 4 is 0 Å².